The number of rotatable bonds is 8. The van der Waals surface area contributed by atoms with E-state index in [1.54, 1.807) is 0 Å². The van der Waals surface area contributed by atoms with Gasteiger partial charge in [0.1, 0.15) is 6.04 Å². The molecular formula is C22H30N2O3. The summed E-state index contributed by atoms with van der Waals surface area (Å²) in [5.74, 6) is -0.154. The molecule has 1 aliphatic carbocycles. The van der Waals surface area contributed by atoms with Gasteiger partial charge in [-0.2, -0.15) is 0 Å². The fourth-order valence-electron chi connectivity index (χ4n) is 4.32. The Morgan fingerprint density at radius 2 is 1.96 bits per heavy atom. The van der Waals surface area contributed by atoms with E-state index in [1.807, 2.05) is 40.5 Å². The molecule has 146 valence electrons. The minimum absolute atomic E-state index is 0.0814. The maximum atomic E-state index is 13.2. The summed E-state index contributed by atoms with van der Waals surface area (Å²) >= 11 is 0. The van der Waals surface area contributed by atoms with Crippen molar-refractivity contribution in [3.63, 3.8) is 0 Å². The highest BCUT2D eigenvalue weighted by Gasteiger charge is 2.27. The number of amides is 1. The smallest absolute Gasteiger partial charge is 0.266 e. The van der Waals surface area contributed by atoms with Crippen LogP contribution in [0, 0.1) is 5.92 Å². The lowest BCUT2D eigenvalue weighted by molar-refractivity contribution is -0.132. The minimum atomic E-state index is -0.514. The molecule has 1 atom stereocenters. The SMILES string of the molecule is CCCCCC(C(=O)NO)n1ccc2cccc(C(=O)C3CCCCC3)c21. The van der Waals surface area contributed by atoms with E-state index < -0.39 is 11.9 Å². The van der Waals surface area contributed by atoms with E-state index in [9.17, 15) is 14.8 Å². The highest BCUT2D eigenvalue weighted by molar-refractivity contribution is 6.08. The third-order valence-corrected chi connectivity index (χ3v) is 5.81. The van der Waals surface area contributed by atoms with Crippen LogP contribution in [0.2, 0.25) is 0 Å². The van der Waals surface area contributed by atoms with E-state index >= 15 is 0 Å². The first kappa shape index (κ1) is 19.6. The number of ketones is 1. The van der Waals surface area contributed by atoms with E-state index in [4.69, 9.17) is 0 Å². The van der Waals surface area contributed by atoms with Crippen molar-refractivity contribution in [1.29, 1.82) is 0 Å². The normalized spacial score (nSPS) is 16.4. The molecule has 5 heteroatoms. The monoisotopic (exact) mass is 370 g/mol. The Bertz CT molecular complexity index is 790. The molecule has 1 fully saturated rings. The average Bonchev–Trinajstić information content (AvgIpc) is 3.15. The van der Waals surface area contributed by atoms with Gasteiger partial charge in [0.05, 0.1) is 5.52 Å². The van der Waals surface area contributed by atoms with Crippen molar-refractivity contribution >= 4 is 22.6 Å². The van der Waals surface area contributed by atoms with Crippen LogP contribution in [0.3, 0.4) is 0 Å². The van der Waals surface area contributed by atoms with Gasteiger partial charge >= 0.3 is 0 Å². The summed E-state index contributed by atoms with van der Waals surface area (Å²) in [7, 11) is 0. The summed E-state index contributed by atoms with van der Waals surface area (Å²) in [4.78, 5) is 25.6. The van der Waals surface area contributed by atoms with Gasteiger partial charge in [-0.25, -0.2) is 5.48 Å². The second-order valence-corrected chi connectivity index (χ2v) is 7.65. The number of hydrogen-bond acceptors (Lipinski definition) is 3. The van der Waals surface area contributed by atoms with Crippen LogP contribution in [-0.2, 0) is 4.79 Å². The number of benzene rings is 1. The Morgan fingerprint density at radius 1 is 1.19 bits per heavy atom. The summed E-state index contributed by atoms with van der Waals surface area (Å²) in [6, 6.07) is 7.21. The van der Waals surface area contributed by atoms with Gasteiger partial charge in [0.25, 0.3) is 5.91 Å². The number of carbonyl (C=O) groups excluding carboxylic acids is 2. The zero-order valence-electron chi connectivity index (χ0n) is 16.1. The van der Waals surface area contributed by atoms with Crippen LogP contribution in [-0.4, -0.2) is 21.5 Å². The Hall–Kier alpha value is -2.14. The molecule has 1 heterocycles. The van der Waals surface area contributed by atoms with Gasteiger partial charge in [-0.1, -0.05) is 57.6 Å². The summed E-state index contributed by atoms with van der Waals surface area (Å²) in [5, 5.41) is 10.2. The topological polar surface area (TPSA) is 71.3 Å². The van der Waals surface area contributed by atoms with Crippen LogP contribution in [0.4, 0.5) is 0 Å². The van der Waals surface area contributed by atoms with Crippen molar-refractivity contribution in [3.8, 4) is 0 Å². The van der Waals surface area contributed by atoms with Gasteiger partial charge in [-0.3, -0.25) is 14.8 Å². The molecular weight excluding hydrogens is 340 g/mol. The highest BCUT2D eigenvalue weighted by Crippen LogP contribution is 2.32. The number of Topliss-reactive ketones (excluding diaryl/α,β-unsaturated/α-hetero) is 1. The van der Waals surface area contributed by atoms with Gasteiger partial charge in [0.2, 0.25) is 0 Å². The molecule has 1 aliphatic rings. The summed E-state index contributed by atoms with van der Waals surface area (Å²) in [6.45, 7) is 2.12. The summed E-state index contributed by atoms with van der Waals surface area (Å²) in [6.07, 6.45) is 10.8. The first-order valence-corrected chi connectivity index (χ1v) is 10.2. The van der Waals surface area contributed by atoms with Crippen molar-refractivity contribution in [2.45, 2.75) is 70.8 Å². The molecule has 0 spiro atoms. The number of aromatic nitrogens is 1. The Kier molecular flexibility index (Phi) is 6.67. The maximum Gasteiger partial charge on any atom is 0.266 e. The Morgan fingerprint density at radius 3 is 2.67 bits per heavy atom. The second-order valence-electron chi connectivity index (χ2n) is 7.65. The molecule has 1 amide bonds. The molecule has 1 aromatic carbocycles. The lowest BCUT2D eigenvalue weighted by Crippen LogP contribution is -2.30. The molecule has 2 aromatic rings. The van der Waals surface area contributed by atoms with Crippen LogP contribution < -0.4 is 5.48 Å². The molecule has 0 bridgehead atoms. The summed E-state index contributed by atoms with van der Waals surface area (Å²) in [5.41, 5.74) is 3.33. The van der Waals surface area contributed by atoms with E-state index in [1.165, 1.54) is 6.42 Å². The fraction of sp³-hybridized carbons (Fsp3) is 0.545. The molecule has 1 unspecified atom stereocenters. The molecule has 0 aliphatic heterocycles. The van der Waals surface area contributed by atoms with Gasteiger partial charge in [-0.05, 0) is 31.4 Å². The number of para-hydroxylation sites is 1. The molecule has 0 radical (unpaired) electrons. The lowest BCUT2D eigenvalue weighted by Gasteiger charge is -2.23. The predicted molar refractivity (Wildman–Crippen MR) is 106 cm³/mol. The first-order chi connectivity index (χ1) is 13.2. The van der Waals surface area contributed by atoms with Crippen LogP contribution in [0.25, 0.3) is 10.9 Å². The minimum Gasteiger partial charge on any atom is -0.334 e. The number of hydroxylamine groups is 1. The average molecular weight is 370 g/mol. The molecule has 2 N–H and O–H groups in total. The molecule has 27 heavy (non-hydrogen) atoms. The third kappa shape index (κ3) is 4.24. The molecule has 3 rings (SSSR count). The van der Waals surface area contributed by atoms with Gasteiger partial charge in [0.15, 0.2) is 5.78 Å². The van der Waals surface area contributed by atoms with E-state index in [2.05, 4.69) is 6.92 Å². The van der Waals surface area contributed by atoms with Crippen LogP contribution in [0.5, 0.6) is 0 Å². The van der Waals surface area contributed by atoms with E-state index in [0.29, 0.717) is 12.0 Å². The first-order valence-electron chi connectivity index (χ1n) is 10.2. The number of nitrogens with one attached hydrogen (secondary N) is 1. The Balaban J connectivity index is 1.99. The second kappa shape index (κ2) is 9.18. The number of hydrogen-bond donors (Lipinski definition) is 2. The van der Waals surface area contributed by atoms with Crippen molar-refractivity contribution in [3.05, 3.63) is 36.0 Å². The molecule has 5 nitrogen and oxygen atoms in total. The van der Waals surface area contributed by atoms with E-state index in [0.717, 1.165) is 55.8 Å². The number of fused-ring (bicyclic) bond motifs is 1. The van der Waals surface area contributed by atoms with Gasteiger partial charge in [-0.15, -0.1) is 0 Å². The van der Waals surface area contributed by atoms with Crippen LogP contribution in [0.1, 0.15) is 81.1 Å². The highest BCUT2D eigenvalue weighted by atomic mass is 16.5. The van der Waals surface area contributed by atoms with Crippen LogP contribution in [0.15, 0.2) is 30.5 Å². The van der Waals surface area contributed by atoms with E-state index in [-0.39, 0.29) is 11.7 Å². The summed E-state index contributed by atoms with van der Waals surface area (Å²) < 4.78 is 1.88. The van der Waals surface area contributed by atoms with Crippen LogP contribution >= 0.6 is 0 Å². The fourth-order valence-corrected chi connectivity index (χ4v) is 4.32. The zero-order valence-corrected chi connectivity index (χ0v) is 16.1. The molecule has 1 saturated carbocycles. The van der Waals surface area contributed by atoms with Gasteiger partial charge < -0.3 is 4.57 Å². The lowest BCUT2D eigenvalue weighted by atomic mass is 9.83. The Labute approximate surface area is 160 Å². The van der Waals surface area contributed by atoms with Crippen molar-refractivity contribution < 1.29 is 14.8 Å². The largest absolute Gasteiger partial charge is 0.334 e. The molecule has 1 aromatic heterocycles. The van der Waals surface area contributed by atoms with Crippen molar-refractivity contribution in [2.24, 2.45) is 5.92 Å². The quantitative estimate of drug-likeness (QED) is 0.296. The van der Waals surface area contributed by atoms with Crippen molar-refractivity contribution in [2.75, 3.05) is 0 Å². The number of unbranched alkanes of at least 4 members (excludes halogenated alkanes) is 2. The van der Waals surface area contributed by atoms with Crippen molar-refractivity contribution in [1.82, 2.24) is 10.0 Å². The standard InChI is InChI=1S/C22H30N2O3/c1-2-3-5-13-19(22(26)23-27)24-15-14-16-11-8-12-18(20(16)24)21(25)17-9-6-4-7-10-17/h8,11-12,14-15,17,19,27H,2-7,9-10,13H2,1H3,(H,23,26). The number of nitrogens with zero attached hydrogens (tertiary/aromatic N) is 1. The number of carbonyl (C=O) groups is 2. The van der Waals surface area contributed by atoms with Gasteiger partial charge in [0, 0.05) is 23.1 Å². The predicted octanol–water partition coefficient (Wildman–Crippen LogP) is 5.03. The maximum absolute atomic E-state index is 13.2. The zero-order chi connectivity index (χ0) is 19.2. The molecule has 0 saturated heterocycles. The third-order valence-electron chi connectivity index (χ3n) is 5.81.